The van der Waals surface area contributed by atoms with Gasteiger partial charge in [-0.3, -0.25) is 4.79 Å². The van der Waals surface area contributed by atoms with E-state index in [0.717, 1.165) is 19.6 Å². The van der Waals surface area contributed by atoms with Crippen molar-refractivity contribution in [3.05, 3.63) is 59.8 Å². The Bertz CT molecular complexity index is 925. The molecule has 1 aliphatic heterocycles. The van der Waals surface area contributed by atoms with Gasteiger partial charge in [0.1, 0.15) is 11.6 Å². The number of benzene rings is 2. The van der Waals surface area contributed by atoms with E-state index >= 15 is 0 Å². The normalized spacial score (nSPS) is 15.4. The molecular formula is C22H26F2N4O. The zero-order valence-corrected chi connectivity index (χ0v) is 16.9. The molecule has 0 radical (unpaired) electrons. The van der Waals surface area contributed by atoms with Crippen LogP contribution in [-0.2, 0) is 4.79 Å². The smallest absolute Gasteiger partial charge is 0.257 e. The van der Waals surface area contributed by atoms with Crippen LogP contribution in [0.15, 0.2) is 42.6 Å². The maximum absolute atomic E-state index is 14.5. The second kappa shape index (κ2) is 9.05. The molecule has 1 aliphatic rings. The molecule has 0 saturated heterocycles. The molecule has 7 heteroatoms. The topological polar surface area (TPSA) is 56.4 Å². The first-order valence-electron chi connectivity index (χ1n) is 9.77. The van der Waals surface area contributed by atoms with E-state index in [1.54, 1.807) is 18.2 Å². The molecule has 154 valence electrons. The van der Waals surface area contributed by atoms with Gasteiger partial charge in [0.2, 0.25) is 0 Å². The molecular weight excluding hydrogens is 374 g/mol. The van der Waals surface area contributed by atoms with Crippen LogP contribution in [0.5, 0.6) is 0 Å². The summed E-state index contributed by atoms with van der Waals surface area (Å²) in [5.41, 5.74) is 2.35. The number of carbonyl (C=O) groups excluding carboxylic acids is 1. The van der Waals surface area contributed by atoms with Gasteiger partial charge in [0, 0.05) is 30.0 Å². The highest BCUT2D eigenvalue weighted by atomic mass is 19.1. The molecule has 1 amide bonds. The molecule has 0 spiro atoms. The van der Waals surface area contributed by atoms with E-state index in [0.29, 0.717) is 28.2 Å². The molecule has 3 rings (SSSR count). The minimum Gasteiger partial charge on any atom is -0.379 e. The van der Waals surface area contributed by atoms with E-state index in [9.17, 15) is 13.6 Å². The fraction of sp³-hybridized carbons (Fsp3) is 0.318. The number of amides is 1. The predicted molar refractivity (Wildman–Crippen MR) is 114 cm³/mol. The second-order valence-corrected chi connectivity index (χ2v) is 7.07. The summed E-state index contributed by atoms with van der Waals surface area (Å²) in [6, 6.07) is 9.01. The Hall–Kier alpha value is -2.93. The summed E-state index contributed by atoms with van der Waals surface area (Å²) < 4.78 is 27.8. The Morgan fingerprint density at radius 2 is 1.90 bits per heavy atom. The van der Waals surface area contributed by atoms with Gasteiger partial charge < -0.3 is 20.9 Å². The van der Waals surface area contributed by atoms with Gasteiger partial charge in [0.15, 0.2) is 0 Å². The van der Waals surface area contributed by atoms with Crippen LogP contribution >= 0.6 is 0 Å². The van der Waals surface area contributed by atoms with Crippen LogP contribution in [0, 0.1) is 11.6 Å². The van der Waals surface area contributed by atoms with Crippen molar-refractivity contribution < 1.29 is 13.6 Å². The fourth-order valence-electron chi connectivity index (χ4n) is 3.37. The Labute approximate surface area is 169 Å². The zero-order chi connectivity index (χ0) is 21.0. The Morgan fingerprint density at radius 3 is 2.59 bits per heavy atom. The van der Waals surface area contributed by atoms with E-state index in [1.807, 2.05) is 6.92 Å². The number of nitrogens with zero attached hydrogens (tertiary/aromatic N) is 1. The average Bonchev–Trinajstić information content (AvgIpc) is 3.00. The van der Waals surface area contributed by atoms with Crippen molar-refractivity contribution in [2.75, 3.05) is 35.6 Å². The summed E-state index contributed by atoms with van der Waals surface area (Å²) in [6.45, 7) is 8.95. The molecule has 1 unspecified atom stereocenters. The molecule has 0 bridgehead atoms. The van der Waals surface area contributed by atoms with Crippen LogP contribution < -0.4 is 16.0 Å². The molecule has 0 saturated carbocycles. The highest BCUT2D eigenvalue weighted by Gasteiger charge is 2.24. The van der Waals surface area contributed by atoms with Crippen molar-refractivity contribution in [2.45, 2.75) is 26.8 Å². The molecule has 2 aromatic carbocycles. The Kier molecular flexibility index (Phi) is 6.49. The maximum Gasteiger partial charge on any atom is 0.257 e. The van der Waals surface area contributed by atoms with Crippen molar-refractivity contribution in [1.29, 1.82) is 0 Å². The van der Waals surface area contributed by atoms with Crippen LogP contribution in [0.2, 0.25) is 0 Å². The number of fused-ring (bicyclic) bond motifs is 1. The summed E-state index contributed by atoms with van der Waals surface area (Å²) in [6.07, 6.45) is 1.50. The number of hydrogen-bond donors (Lipinski definition) is 3. The summed E-state index contributed by atoms with van der Waals surface area (Å²) >= 11 is 0. The van der Waals surface area contributed by atoms with Gasteiger partial charge in [0.25, 0.3) is 5.91 Å². The van der Waals surface area contributed by atoms with E-state index in [2.05, 4.69) is 34.7 Å². The monoisotopic (exact) mass is 400 g/mol. The molecule has 5 nitrogen and oxygen atoms in total. The number of anilines is 3. The first kappa shape index (κ1) is 20.8. The highest BCUT2D eigenvalue weighted by molar-refractivity contribution is 6.31. The predicted octanol–water partition coefficient (Wildman–Crippen LogP) is 4.51. The van der Waals surface area contributed by atoms with Crippen LogP contribution in [-0.4, -0.2) is 36.5 Å². The minimum atomic E-state index is -0.418. The summed E-state index contributed by atoms with van der Waals surface area (Å²) in [4.78, 5) is 14.4. The van der Waals surface area contributed by atoms with Crippen LogP contribution in [0.25, 0.3) is 5.57 Å². The van der Waals surface area contributed by atoms with Gasteiger partial charge in [-0.05, 0) is 56.4 Å². The van der Waals surface area contributed by atoms with E-state index in [4.69, 9.17) is 0 Å². The zero-order valence-electron chi connectivity index (χ0n) is 16.9. The Balaban J connectivity index is 1.68. The number of likely N-dealkylation sites (N-methyl/N-ethyl adjacent to an activating group) is 1. The van der Waals surface area contributed by atoms with Crippen molar-refractivity contribution in [3.8, 4) is 0 Å². The van der Waals surface area contributed by atoms with Gasteiger partial charge >= 0.3 is 0 Å². The number of nitrogens with one attached hydrogen (secondary N) is 3. The van der Waals surface area contributed by atoms with Gasteiger partial charge in [-0.2, -0.15) is 0 Å². The van der Waals surface area contributed by atoms with Crippen molar-refractivity contribution in [3.63, 3.8) is 0 Å². The molecule has 2 aromatic rings. The molecule has 3 N–H and O–H groups in total. The summed E-state index contributed by atoms with van der Waals surface area (Å²) in [5.74, 6) is -1.13. The standard InChI is InChI=1S/C22H26F2N4O/c1-4-28(5-2)13-14(3)26-20-9-7-16(11-19(20)24)25-12-18-17-8-6-15(23)10-21(17)27-22(18)29/h6-12,14,25-26H,4-5,13H2,1-3H3,(H,27,29)/b18-12+. The lowest BCUT2D eigenvalue weighted by atomic mass is 10.1. The van der Waals surface area contributed by atoms with Gasteiger partial charge in [-0.15, -0.1) is 0 Å². The fourth-order valence-corrected chi connectivity index (χ4v) is 3.37. The number of halogens is 2. The van der Waals surface area contributed by atoms with Crippen molar-refractivity contribution in [2.24, 2.45) is 0 Å². The molecule has 29 heavy (non-hydrogen) atoms. The van der Waals surface area contributed by atoms with E-state index in [1.165, 1.54) is 24.4 Å². The third-order valence-corrected chi connectivity index (χ3v) is 4.95. The summed E-state index contributed by atoms with van der Waals surface area (Å²) in [7, 11) is 0. The molecule has 0 fully saturated rings. The first-order chi connectivity index (χ1) is 13.9. The third-order valence-electron chi connectivity index (χ3n) is 4.95. The van der Waals surface area contributed by atoms with Gasteiger partial charge in [-0.25, -0.2) is 8.78 Å². The second-order valence-electron chi connectivity index (χ2n) is 7.07. The van der Waals surface area contributed by atoms with E-state index in [-0.39, 0.29) is 17.8 Å². The number of hydrogen-bond acceptors (Lipinski definition) is 4. The lowest BCUT2D eigenvalue weighted by Crippen LogP contribution is -2.34. The lowest BCUT2D eigenvalue weighted by molar-refractivity contribution is -0.110. The average molecular weight is 400 g/mol. The van der Waals surface area contributed by atoms with Crippen molar-refractivity contribution >= 4 is 28.5 Å². The molecule has 0 aromatic heterocycles. The van der Waals surface area contributed by atoms with Gasteiger partial charge in [-0.1, -0.05) is 13.8 Å². The Morgan fingerprint density at radius 1 is 1.14 bits per heavy atom. The molecule has 1 heterocycles. The van der Waals surface area contributed by atoms with Crippen LogP contribution in [0.1, 0.15) is 26.3 Å². The van der Waals surface area contributed by atoms with Crippen molar-refractivity contribution in [1.82, 2.24) is 4.90 Å². The van der Waals surface area contributed by atoms with Crippen LogP contribution in [0.3, 0.4) is 0 Å². The third kappa shape index (κ3) is 4.92. The quantitative estimate of drug-likeness (QED) is 0.571. The summed E-state index contributed by atoms with van der Waals surface area (Å²) in [5, 5.41) is 8.77. The largest absolute Gasteiger partial charge is 0.379 e. The lowest BCUT2D eigenvalue weighted by Gasteiger charge is -2.24. The molecule has 1 atom stereocenters. The minimum absolute atomic E-state index is 0.101. The van der Waals surface area contributed by atoms with Gasteiger partial charge in [0.05, 0.1) is 16.9 Å². The van der Waals surface area contributed by atoms with E-state index < -0.39 is 5.82 Å². The maximum atomic E-state index is 14.5. The molecule has 0 aliphatic carbocycles. The number of carbonyl (C=O) groups is 1. The number of rotatable bonds is 8. The first-order valence-corrected chi connectivity index (χ1v) is 9.77. The highest BCUT2D eigenvalue weighted by Crippen LogP contribution is 2.32. The van der Waals surface area contributed by atoms with Crippen LogP contribution in [0.4, 0.5) is 25.8 Å². The SMILES string of the molecule is CCN(CC)CC(C)Nc1ccc(N/C=C2/C(=O)Nc3cc(F)ccc32)cc1F.